The summed E-state index contributed by atoms with van der Waals surface area (Å²) in [6.45, 7) is 7.69. The third kappa shape index (κ3) is 5.61. The van der Waals surface area contributed by atoms with Crippen molar-refractivity contribution in [2.45, 2.75) is 13.8 Å². The number of aromatic carboxylic acids is 1. The van der Waals surface area contributed by atoms with Gasteiger partial charge in [0.25, 0.3) is 0 Å². The van der Waals surface area contributed by atoms with Crippen molar-refractivity contribution in [2.75, 3.05) is 50.2 Å². The molecule has 0 atom stereocenters. The summed E-state index contributed by atoms with van der Waals surface area (Å²) in [4.78, 5) is 13.2. The Kier molecular flexibility index (Phi) is 7.56. The lowest BCUT2D eigenvalue weighted by Crippen LogP contribution is -2.31. The summed E-state index contributed by atoms with van der Waals surface area (Å²) in [6, 6.07) is 5.03. The van der Waals surface area contributed by atoms with Gasteiger partial charge in [0.2, 0.25) is 0 Å². The van der Waals surface area contributed by atoms with Gasteiger partial charge in [-0.3, -0.25) is 0 Å². The third-order valence-corrected chi connectivity index (χ3v) is 3.05. The molecule has 0 spiro atoms. The third-order valence-electron chi connectivity index (χ3n) is 3.05. The minimum Gasteiger partial charge on any atom is -0.478 e. The maximum absolute atomic E-state index is 11.2. The van der Waals surface area contributed by atoms with Crippen LogP contribution in [0.5, 0.6) is 0 Å². The second-order valence-electron chi connectivity index (χ2n) is 4.46. The molecule has 6 nitrogen and oxygen atoms in total. The van der Waals surface area contributed by atoms with E-state index in [1.54, 1.807) is 12.1 Å². The molecule has 0 heterocycles. The Labute approximate surface area is 125 Å². The van der Waals surface area contributed by atoms with Crippen LogP contribution in [0.15, 0.2) is 18.2 Å². The predicted octanol–water partition coefficient (Wildman–Crippen LogP) is 1.85. The molecule has 0 radical (unpaired) electrons. The molecule has 0 aliphatic rings. The zero-order valence-corrected chi connectivity index (χ0v) is 12.7. The van der Waals surface area contributed by atoms with E-state index in [0.717, 1.165) is 5.69 Å². The van der Waals surface area contributed by atoms with E-state index in [9.17, 15) is 4.79 Å². The average molecular weight is 296 g/mol. The van der Waals surface area contributed by atoms with Gasteiger partial charge in [0.05, 0.1) is 18.8 Å². The Morgan fingerprint density at radius 1 is 1.19 bits per heavy atom. The first-order valence-electron chi connectivity index (χ1n) is 7.13. The summed E-state index contributed by atoms with van der Waals surface area (Å²) in [7, 11) is 0. The number of carbonyl (C=O) groups is 1. The minimum atomic E-state index is -1.02. The number of nitrogens with zero attached hydrogens (tertiary/aromatic N) is 1. The highest BCUT2D eigenvalue weighted by molar-refractivity contribution is 5.94. The monoisotopic (exact) mass is 296 g/mol. The molecule has 6 heteroatoms. The van der Waals surface area contributed by atoms with E-state index in [4.69, 9.17) is 20.3 Å². The van der Waals surface area contributed by atoms with E-state index in [2.05, 4.69) is 0 Å². The Morgan fingerprint density at radius 2 is 1.76 bits per heavy atom. The molecule has 0 aliphatic heterocycles. The first-order chi connectivity index (χ1) is 10.1. The molecule has 0 aromatic heterocycles. The van der Waals surface area contributed by atoms with Gasteiger partial charge in [-0.05, 0) is 32.0 Å². The van der Waals surface area contributed by atoms with Crippen LogP contribution in [0.2, 0.25) is 0 Å². The zero-order chi connectivity index (χ0) is 15.7. The van der Waals surface area contributed by atoms with E-state index in [0.29, 0.717) is 39.5 Å². The second kappa shape index (κ2) is 9.20. The van der Waals surface area contributed by atoms with Crippen molar-refractivity contribution in [3.05, 3.63) is 23.8 Å². The van der Waals surface area contributed by atoms with Gasteiger partial charge in [0, 0.05) is 37.7 Å². The summed E-state index contributed by atoms with van der Waals surface area (Å²) >= 11 is 0. The standard InChI is InChI=1S/C15H24N2O4/c1-3-20-9-7-17(8-10-21-4-2)12-5-6-14(16)13(11-12)15(18)19/h5-6,11H,3-4,7-10,16H2,1-2H3,(H,18,19). The fourth-order valence-electron chi connectivity index (χ4n) is 1.93. The quantitative estimate of drug-likeness (QED) is 0.506. The van der Waals surface area contributed by atoms with Gasteiger partial charge in [-0.1, -0.05) is 0 Å². The van der Waals surface area contributed by atoms with Crippen molar-refractivity contribution in [3.63, 3.8) is 0 Å². The Bertz CT molecular complexity index is 441. The normalized spacial score (nSPS) is 10.6. The number of carboxylic acid groups (broad SMARTS) is 1. The van der Waals surface area contributed by atoms with Crippen LogP contribution in [0.25, 0.3) is 0 Å². The highest BCUT2D eigenvalue weighted by atomic mass is 16.5. The summed E-state index contributed by atoms with van der Waals surface area (Å²) in [5, 5.41) is 9.15. The molecule has 1 rings (SSSR count). The molecule has 0 bridgehead atoms. The topological polar surface area (TPSA) is 85.0 Å². The Morgan fingerprint density at radius 3 is 2.24 bits per heavy atom. The number of nitrogen functional groups attached to an aromatic ring is 1. The molecule has 0 saturated carbocycles. The maximum atomic E-state index is 11.2. The molecule has 21 heavy (non-hydrogen) atoms. The number of ether oxygens (including phenoxy) is 2. The summed E-state index contributed by atoms with van der Waals surface area (Å²) < 4.78 is 10.7. The van der Waals surface area contributed by atoms with Gasteiger partial charge in [-0.25, -0.2) is 4.79 Å². The van der Waals surface area contributed by atoms with E-state index in [1.807, 2.05) is 24.8 Å². The number of nitrogens with two attached hydrogens (primary N) is 1. The van der Waals surface area contributed by atoms with Crippen molar-refractivity contribution >= 4 is 17.3 Å². The highest BCUT2D eigenvalue weighted by Gasteiger charge is 2.12. The number of carboxylic acids is 1. The fourth-order valence-corrected chi connectivity index (χ4v) is 1.93. The van der Waals surface area contributed by atoms with Crippen molar-refractivity contribution < 1.29 is 19.4 Å². The molecule has 0 unspecified atom stereocenters. The molecule has 3 N–H and O–H groups in total. The number of hydrogen-bond donors (Lipinski definition) is 2. The van der Waals surface area contributed by atoms with Gasteiger partial charge in [0.1, 0.15) is 0 Å². The SMILES string of the molecule is CCOCCN(CCOCC)c1ccc(N)c(C(=O)O)c1. The molecule has 0 amide bonds. The van der Waals surface area contributed by atoms with Gasteiger partial charge in [0.15, 0.2) is 0 Å². The van der Waals surface area contributed by atoms with Crippen LogP contribution in [-0.4, -0.2) is 50.6 Å². The first-order valence-corrected chi connectivity index (χ1v) is 7.13. The molecule has 1 aromatic carbocycles. The van der Waals surface area contributed by atoms with Crippen LogP contribution in [-0.2, 0) is 9.47 Å². The molecule has 0 fully saturated rings. The summed E-state index contributed by atoms with van der Waals surface area (Å²) in [5.74, 6) is -1.02. The first kappa shape index (κ1) is 17.3. The lowest BCUT2D eigenvalue weighted by atomic mass is 10.1. The predicted molar refractivity (Wildman–Crippen MR) is 83.0 cm³/mol. The molecule has 0 aliphatic carbocycles. The van der Waals surface area contributed by atoms with Gasteiger partial charge in [-0.2, -0.15) is 0 Å². The highest BCUT2D eigenvalue weighted by Crippen LogP contribution is 2.21. The van der Waals surface area contributed by atoms with E-state index in [1.165, 1.54) is 0 Å². The number of anilines is 2. The van der Waals surface area contributed by atoms with E-state index >= 15 is 0 Å². The molecule has 118 valence electrons. The van der Waals surface area contributed by atoms with Crippen LogP contribution >= 0.6 is 0 Å². The lowest BCUT2D eigenvalue weighted by Gasteiger charge is -2.25. The number of hydrogen-bond acceptors (Lipinski definition) is 5. The van der Waals surface area contributed by atoms with Crippen molar-refractivity contribution in [2.24, 2.45) is 0 Å². The van der Waals surface area contributed by atoms with Crippen LogP contribution in [0.3, 0.4) is 0 Å². The van der Waals surface area contributed by atoms with Crippen LogP contribution in [0.1, 0.15) is 24.2 Å². The maximum Gasteiger partial charge on any atom is 0.337 e. The number of rotatable bonds is 10. The van der Waals surface area contributed by atoms with Crippen LogP contribution in [0, 0.1) is 0 Å². The fraction of sp³-hybridized carbons (Fsp3) is 0.533. The molecule has 0 saturated heterocycles. The van der Waals surface area contributed by atoms with E-state index in [-0.39, 0.29) is 11.3 Å². The van der Waals surface area contributed by atoms with Crippen LogP contribution in [0.4, 0.5) is 11.4 Å². The Hall–Kier alpha value is -1.79. The van der Waals surface area contributed by atoms with Gasteiger partial charge < -0.3 is 25.2 Å². The zero-order valence-electron chi connectivity index (χ0n) is 12.7. The number of benzene rings is 1. The van der Waals surface area contributed by atoms with Crippen molar-refractivity contribution in [3.8, 4) is 0 Å². The smallest absolute Gasteiger partial charge is 0.337 e. The Balaban J connectivity index is 2.84. The van der Waals surface area contributed by atoms with Crippen molar-refractivity contribution in [1.82, 2.24) is 0 Å². The lowest BCUT2D eigenvalue weighted by molar-refractivity contribution is 0.0698. The average Bonchev–Trinajstić information content (AvgIpc) is 2.46. The molecular formula is C15H24N2O4. The summed E-state index contributed by atoms with van der Waals surface area (Å²) in [5.41, 5.74) is 6.87. The van der Waals surface area contributed by atoms with Crippen LogP contribution < -0.4 is 10.6 Å². The molecule has 1 aromatic rings. The van der Waals surface area contributed by atoms with Gasteiger partial charge in [-0.15, -0.1) is 0 Å². The summed E-state index contributed by atoms with van der Waals surface area (Å²) in [6.07, 6.45) is 0. The minimum absolute atomic E-state index is 0.116. The largest absolute Gasteiger partial charge is 0.478 e. The van der Waals surface area contributed by atoms with Crippen molar-refractivity contribution in [1.29, 1.82) is 0 Å². The van der Waals surface area contributed by atoms with E-state index < -0.39 is 5.97 Å². The van der Waals surface area contributed by atoms with Gasteiger partial charge >= 0.3 is 5.97 Å². The molecular weight excluding hydrogens is 272 g/mol. The second-order valence-corrected chi connectivity index (χ2v) is 4.46.